The molecule has 1 aliphatic rings. The van der Waals surface area contributed by atoms with Gasteiger partial charge in [0.2, 0.25) is 0 Å². The molecule has 0 saturated carbocycles. The summed E-state index contributed by atoms with van der Waals surface area (Å²) in [7, 11) is 1.94. The van der Waals surface area contributed by atoms with Crippen molar-refractivity contribution >= 4 is 22.5 Å². The number of benzene rings is 1. The molecule has 6 nitrogen and oxygen atoms in total. The molecule has 0 saturated heterocycles. The first kappa shape index (κ1) is 13.7. The number of hydrogen-bond donors (Lipinski definition) is 3. The summed E-state index contributed by atoms with van der Waals surface area (Å²) < 4.78 is 13.3. The Morgan fingerprint density at radius 3 is 3.00 bits per heavy atom. The topological polar surface area (TPSA) is 68.9 Å². The molecule has 3 N–H and O–H groups in total. The maximum atomic E-state index is 13.3. The number of rotatable bonds is 3. The van der Waals surface area contributed by atoms with Crippen molar-refractivity contribution in [1.29, 1.82) is 0 Å². The van der Waals surface area contributed by atoms with E-state index in [-0.39, 0.29) is 5.82 Å². The zero-order valence-electron chi connectivity index (χ0n) is 12.5. The van der Waals surface area contributed by atoms with Gasteiger partial charge in [0.25, 0.3) is 0 Å². The zero-order valence-corrected chi connectivity index (χ0v) is 12.5. The molecule has 23 heavy (non-hydrogen) atoms. The molecule has 0 unspecified atom stereocenters. The standard InChI is InChI=1S/C16H15FN6/c1-23-9-13(19-14-4-2-3-7-18-14)15(22-23)16-20-11-6-5-10(17)8-12(11)21-16/h2-8,22H,9H2,1H3,(H,18,19)(H,20,21). The minimum atomic E-state index is -0.287. The number of pyridine rings is 1. The molecule has 7 heteroatoms. The average Bonchev–Trinajstić information content (AvgIpc) is 3.11. The molecule has 1 aromatic carbocycles. The quantitative estimate of drug-likeness (QED) is 0.693. The van der Waals surface area contributed by atoms with Crippen molar-refractivity contribution in [2.45, 2.75) is 0 Å². The van der Waals surface area contributed by atoms with E-state index in [2.05, 4.69) is 25.7 Å². The van der Waals surface area contributed by atoms with Gasteiger partial charge in [0.05, 0.1) is 23.3 Å². The van der Waals surface area contributed by atoms with Crippen LogP contribution in [-0.4, -0.2) is 33.6 Å². The van der Waals surface area contributed by atoms with Gasteiger partial charge in [-0.2, -0.15) is 0 Å². The number of aromatic amines is 1. The zero-order chi connectivity index (χ0) is 15.8. The van der Waals surface area contributed by atoms with Gasteiger partial charge in [-0.3, -0.25) is 0 Å². The van der Waals surface area contributed by atoms with Crippen LogP contribution in [0.25, 0.3) is 16.7 Å². The van der Waals surface area contributed by atoms with Gasteiger partial charge in [0.1, 0.15) is 17.3 Å². The summed E-state index contributed by atoms with van der Waals surface area (Å²) in [6.07, 6.45) is 1.73. The molecule has 0 spiro atoms. The highest BCUT2D eigenvalue weighted by molar-refractivity contribution is 5.80. The van der Waals surface area contributed by atoms with E-state index in [1.54, 1.807) is 12.3 Å². The largest absolute Gasteiger partial charge is 0.341 e. The number of hydrazine groups is 1. The van der Waals surface area contributed by atoms with Crippen molar-refractivity contribution in [2.24, 2.45) is 0 Å². The summed E-state index contributed by atoms with van der Waals surface area (Å²) in [5, 5.41) is 5.24. The summed E-state index contributed by atoms with van der Waals surface area (Å²) in [5.74, 6) is 1.14. The number of likely N-dealkylation sites (N-methyl/N-ethyl adjacent to an activating group) is 1. The van der Waals surface area contributed by atoms with E-state index in [1.807, 2.05) is 30.3 Å². The Morgan fingerprint density at radius 1 is 1.26 bits per heavy atom. The van der Waals surface area contributed by atoms with E-state index in [4.69, 9.17) is 0 Å². The van der Waals surface area contributed by atoms with Crippen LogP contribution in [0.5, 0.6) is 0 Å². The second-order valence-corrected chi connectivity index (χ2v) is 5.41. The van der Waals surface area contributed by atoms with Crippen LogP contribution in [-0.2, 0) is 0 Å². The minimum absolute atomic E-state index is 0.287. The highest BCUT2D eigenvalue weighted by Crippen LogP contribution is 2.23. The van der Waals surface area contributed by atoms with Gasteiger partial charge < -0.3 is 15.7 Å². The summed E-state index contributed by atoms with van der Waals surface area (Å²) in [6, 6.07) is 10.2. The number of hydrogen-bond acceptors (Lipinski definition) is 5. The van der Waals surface area contributed by atoms with Crippen LogP contribution in [0, 0.1) is 5.82 Å². The predicted molar refractivity (Wildman–Crippen MR) is 86.6 cm³/mol. The van der Waals surface area contributed by atoms with Gasteiger partial charge in [-0.25, -0.2) is 19.4 Å². The second kappa shape index (κ2) is 5.36. The number of anilines is 1. The predicted octanol–water partition coefficient (Wildman–Crippen LogP) is 2.33. The van der Waals surface area contributed by atoms with E-state index in [1.165, 1.54) is 12.1 Å². The van der Waals surface area contributed by atoms with Gasteiger partial charge in [-0.1, -0.05) is 6.07 Å². The van der Waals surface area contributed by atoms with Crippen molar-refractivity contribution < 1.29 is 4.39 Å². The molecule has 0 radical (unpaired) electrons. The molecule has 3 aromatic rings. The summed E-state index contributed by atoms with van der Waals surface area (Å²) >= 11 is 0. The fourth-order valence-corrected chi connectivity index (χ4v) is 2.60. The van der Waals surface area contributed by atoms with E-state index >= 15 is 0 Å². The van der Waals surface area contributed by atoms with Crippen LogP contribution in [0.2, 0.25) is 0 Å². The molecule has 1 aliphatic heterocycles. The van der Waals surface area contributed by atoms with Gasteiger partial charge in [0.15, 0.2) is 5.82 Å². The van der Waals surface area contributed by atoms with E-state index < -0.39 is 0 Å². The molecule has 3 heterocycles. The van der Waals surface area contributed by atoms with Crippen LogP contribution in [0.1, 0.15) is 5.82 Å². The highest BCUT2D eigenvalue weighted by Gasteiger charge is 2.23. The molecular formula is C16H15FN6. The molecule has 116 valence electrons. The average molecular weight is 310 g/mol. The molecule has 0 aliphatic carbocycles. The first-order valence-electron chi connectivity index (χ1n) is 7.24. The monoisotopic (exact) mass is 310 g/mol. The fourth-order valence-electron chi connectivity index (χ4n) is 2.60. The van der Waals surface area contributed by atoms with Crippen molar-refractivity contribution in [3.63, 3.8) is 0 Å². The number of fused-ring (bicyclic) bond motifs is 1. The number of aromatic nitrogens is 3. The summed E-state index contributed by atoms with van der Waals surface area (Å²) in [4.78, 5) is 12.0. The highest BCUT2D eigenvalue weighted by atomic mass is 19.1. The normalized spacial score (nSPS) is 15.2. The lowest BCUT2D eigenvalue weighted by Gasteiger charge is -2.08. The maximum Gasteiger partial charge on any atom is 0.157 e. The van der Waals surface area contributed by atoms with Crippen molar-refractivity contribution in [3.8, 4) is 0 Å². The third-order valence-electron chi connectivity index (χ3n) is 3.62. The third-order valence-corrected chi connectivity index (χ3v) is 3.62. The Balaban J connectivity index is 1.74. The smallest absolute Gasteiger partial charge is 0.157 e. The van der Waals surface area contributed by atoms with Crippen LogP contribution in [0.15, 0.2) is 48.3 Å². The molecule has 0 amide bonds. The maximum absolute atomic E-state index is 13.3. The SMILES string of the molecule is CN1CC(Nc2ccccn2)=C(c2nc3ccc(F)cc3[nH]2)N1. The van der Waals surface area contributed by atoms with Crippen LogP contribution in [0.3, 0.4) is 0 Å². The molecule has 0 bridgehead atoms. The van der Waals surface area contributed by atoms with Crippen molar-refractivity contribution in [2.75, 3.05) is 18.9 Å². The lowest BCUT2D eigenvalue weighted by molar-refractivity contribution is 0.334. The number of nitrogens with zero attached hydrogens (tertiary/aromatic N) is 3. The van der Waals surface area contributed by atoms with E-state index in [0.717, 1.165) is 22.7 Å². The van der Waals surface area contributed by atoms with Crippen molar-refractivity contribution in [3.05, 3.63) is 59.9 Å². The Labute approximate surface area is 132 Å². The first-order valence-corrected chi connectivity index (χ1v) is 7.24. The van der Waals surface area contributed by atoms with E-state index in [9.17, 15) is 4.39 Å². The minimum Gasteiger partial charge on any atom is -0.341 e. The van der Waals surface area contributed by atoms with Crippen LogP contribution >= 0.6 is 0 Å². The summed E-state index contributed by atoms with van der Waals surface area (Å²) in [6.45, 7) is 0.678. The number of nitrogens with one attached hydrogen (secondary N) is 3. The molecule has 0 atom stereocenters. The Bertz CT molecular complexity index is 886. The Kier molecular flexibility index (Phi) is 3.20. The van der Waals surface area contributed by atoms with Crippen LogP contribution < -0.4 is 10.7 Å². The van der Waals surface area contributed by atoms with Crippen LogP contribution in [0.4, 0.5) is 10.2 Å². The number of H-pyrrole nitrogens is 1. The first-order chi connectivity index (χ1) is 11.2. The number of imidazole rings is 1. The lowest BCUT2D eigenvalue weighted by atomic mass is 10.3. The lowest BCUT2D eigenvalue weighted by Crippen LogP contribution is -2.27. The van der Waals surface area contributed by atoms with Gasteiger partial charge in [0, 0.05) is 13.2 Å². The Morgan fingerprint density at radius 2 is 2.17 bits per heavy atom. The third kappa shape index (κ3) is 2.62. The van der Waals surface area contributed by atoms with Gasteiger partial charge in [-0.05, 0) is 30.3 Å². The van der Waals surface area contributed by atoms with Gasteiger partial charge >= 0.3 is 0 Å². The van der Waals surface area contributed by atoms with Gasteiger partial charge in [-0.15, -0.1) is 0 Å². The molecular weight excluding hydrogens is 295 g/mol. The Hall–Kier alpha value is -2.93. The molecule has 4 rings (SSSR count). The fraction of sp³-hybridized carbons (Fsp3) is 0.125. The summed E-state index contributed by atoms with van der Waals surface area (Å²) in [5.41, 5.74) is 6.42. The van der Waals surface area contributed by atoms with E-state index in [0.29, 0.717) is 17.9 Å². The molecule has 2 aromatic heterocycles. The molecule has 0 fully saturated rings. The van der Waals surface area contributed by atoms with Crippen molar-refractivity contribution in [1.82, 2.24) is 25.4 Å². The number of halogens is 1. The second-order valence-electron chi connectivity index (χ2n) is 5.41.